The molecular weight excluding hydrogens is 192 g/mol. The number of rotatable bonds is 0. The third kappa shape index (κ3) is 1.15. The summed E-state index contributed by atoms with van der Waals surface area (Å²) in [5, 5.41) is 0. The summed E-state index contributed by atoms with van der Waals surface area (Å²) in [7, 11) is 0. The number of hydrogen-bond donors (Lipinski definition) is 0. The molecule has 3 heteroatoms. The predicted octanol–water partition coefficient (Wildman–Crippen LogP) is 1.54. The maximum atomic E-state index is 12.2. The van der Waals surface area contributed by atoms with Gasteiger partial charge in [-0.2, -0.15) is 0 Å². The zero-order valence-corrected chi connectivity index (χ0v) is 9.42. The summed E-state index contributed by atoms with van der Waals surface area (Å²) in [6, 6.07) is 0. The summed E-state index contributed by atoms with van der Waals surface area (Å²) in [6.07, 6.45) is 1.62. The highest BCUT2D eigenvalue weighted by atomic mass is 16.2. The minimum Gasteiger partial charge on any atom is -0.298 e. The van der Waals surface area contributed by atoms with Crippen molar-refractivity contribution in [2.24, 2.45) is 16.7 Å². The summed E-state index contributed by atoms with van der Waals surface area (Å²) >= 11 is 0. The maximum Gasteiger partial charge on any atom is 0.211 e. The molecular formula is C12H16O3. The molecule has 3 saturated carbocycles. The monoisotopic (exact) mass is 208 g/mol. The van der Waals surface area contributed by atoms with Crippen molar-refractivity contribution in [3.63, 3.8) is 0 Å². The van der Waals surface area contributed by atoms with Crippen LogP contribution in [0.2, 0.25) is 0 Å². The highest BCUT2D eigenvalue weighted by molar-refractivity contribution is 6.44. The van der Waals surface area contributed by atoms with Crippen LogP contribution in [-0.4, -0.2) is 17.3 Å². The standard InChI is InChI=1S/C12H16O3/c1-11(2)7-4-5-12(3,10(11)15)9(14)8(13)6-7/h7H,4-6H2,1-3H3/t7-,12+/m1/s1. The van der Waals surface area contributed by atoms with E-state index in [4.69, 9.17) is 0 Å². The zero-order chi connectivity index (χ0) is 11.4. The van der Waals surface area contributed by atoms with E-state index in [9.17, 15) is 14.4 Å². The van der Waals surface area contributed by atoms with E-state index in [1.54, 1.807) is 6.92 Å². The van der Waals surface area contributed by atoms with Crippen molar-refractivity contribution in [1.29, 1.82) is 0 Å². The Bertz CT molecular complexity index is 367. The molecule has 3 aliphatic carbocycles. The van der Waals surface area contributed by atoms with Gasteiger partial charge in [-0.15, -0.1) is 0 Å². The molecule has 0 aromatic heterocycles. The molecule has 0 spiro atoms. The molecule has 0 aromatic carbocycles. The van der Waals surface area contributed by atoms with Crippen molar-refractivity contribution >= 4 is 17.3 Å². The van der Waals surface area contributed by atoms with Crippen LogP contribution in [0.3, 0.4) is 0 Å². The van der Waals surface area contributed by atoms with E-state index in [-0.39, 0.29) is 23.9 Å². The van der Waals surface area contributed by atoms with E-state index >= 15 is 0 Å². The van der Waals surface area contributed by atoms with Crippen LogP contribution in [0.1, 0.15) is 40.0 Å². The van der Waals surface area contributed by atoms with Gasteiger partial charge in [0.15, 0.2) is 11.6 Å². The zero-order valence-electron chi connectivity index (χ0n) is 9.42. The minimum atomic E-state index is -1.03. The fourth-order valence-electron chi connectivity index (χ4n) is 3.03. The first-order chi connectivity index (χ1) is 6.80. The molecule has 3 aliphatic rings. The highest BCUT2D eigenvalue weighted by Crippen LogP contribution is 2.51. The van der Waals surface area contributed by atoms with Crippen molar-refractivity contribution in [3.8, 4) is 0 Å². The number of Topliss-reactive ketones (excluding diaryl/α,β-unsaturated/α-hetero) is 3. The van der Waals surface area contributed by atoms with Crippen molar-refractivity contribution in [1.82, 2.24) is 0 Å². The van der Waals surface area contributed by atoms with Crippen LogP contribution in [0, 0.1) is 16.7 Å². The van der Waals surface area contributed by atoms with E-state index in [1.807, 2.05) is 13.8 Å². The van der Waals surface area contributed by atoms with Crippen molar-refractivity contribution in [2.45, 2.75) is 40.0 Å². The average Bonchev–Trinajstić information content (AvgIpc) is 2.30. The fraction of sp³-hybridized carbons (Fsp3) is 0.750. The van der Waals surface area contributed by atoms with Crippen LogP contribution in [0.4, 0.5) is 0 Å². The van der Waals surface area contributed by atoms with Crippen molar-refractivity contribution in [2.75, 3.05) is 0 Å². The minimum absolute atomic E-state index is 0.0397. The Morgan fingerprint density at radius 1 is 1.13 bits per heavy atom. The molecule has 3 fully saturated rings. The lowest BCUT2D eigenvalue weighted by Crippen LogP contribution is -2.49. The molecule has 3 rings (SSSR count). The lowest BCUT2D eigenvalue weighted by Gasteiger charge is -2.41. The van der Waals surface area contributed by atoms with E-state index in [2.05, 4.69) is 0 Å². The van der Waals surface area contributed by atoms with Gasteiger partial charge in [0.1, 0.15) is 0 Å². The number of fused-ring (bicyclic) bond motifs is 4. The number of ketones is 3. The van der Waals surface area contributed by atoms with Gasteiger partial charge < -0.3 is 0 Å². The van der Waals surface area contributed by atoms with Crippen LogP contribution in [0.5, 0.6) is 0 Å². The van der Waals surface area contributed by atoms with Crippen molar-refractivity contribution in [3.05, 3.63) is 0 Å². The van der Waals surface area contributed by atoms with Crippen LogP contribution < -0.4 is 0 Å². The second kappa shape index (κ2) is 2.77. The summed E-state index contributed by atoms with van der Waals surface area (Å²) in [5.74, 6) is -0.793. The molecule has 3 nitrogen and oxygen atoms in total. The Morgan fingerprint density at radius 2 is 1.73 bits per heavy atom. The summed E-state index contributed by atoms with van der Waals surface area (Å²) < 4.78 is 0. The molecule has 0 unspecified atom stereocenters. The van der Waals surface area contributed by atoms with Crippen LogP contribution in [-0.2, 0) is 14.4 Å². The number of carbonyl (C=O) groups excluding carboxylic acids is 3. The number of carbonyl (C=O) groups is 3. The van der Waals surface area contributed by atoms with Crippen molar-refractivity contribution < 1.29 is 14.4 Å². The Morgan fingerprint density at radius 3 is 2.33 bits per heavy atom. The van der Waals surface area contributed by atoms with E-state index in [0.29, 0.717) is 6.42 Å². The molecule has 0 N–H and O–H groups in total. The average molecular weight is 208 g/mol. The second-order valence-corrected chi connectivity index (χ2v) is 5.57. The maximum absolute atomic E-state index is 12.2. The number of hydrogen-bond acceptors (Lipinski definition) is 3. The second-order valence-electron chi connectivity index (χ2n) is 5.57. The largest absolute Gasteiger partial charge is 0.298 e. The van der Waals surface area contributed by atoms with E-state index in [0.717, 1.165) is 6.42 Å². The normalized spacial score (nSPS) is 39.4. The summed E-state index contributed by atoms with van der Waals surface area (Å²) in [5.41, 5.74) is -1.55. The Kier molecular flexibility index (Phi) is 1.95. The van der Waals surface area contributed by atoms with Gasteiger partial charge in [0.25, 0.3) is 0 Å². The Balaban J connectivity index is 2.58. The van der Waals surface area contributed by atoms with Gasteiger partial charge in [-0.1, -0.05) is 13.8 Å². The molecule has 2 atom stereocenters. The molecule has 82 valence electrons. The van der Waals surface area contributed by atoms with Crippen LogP contribution >= 0.6 is 0 Å². The topological polar surface area (TPSA) is 51.2 Å². The molecule has 0 amide bonds. The third-order valence-corrected chi connectivity index (χ3v) is 4.29. The lowest BCUT2D eigenvalue weighted by molar-refractivity contribution is -0.151. The molecule has 0 heterocycles. The Hall–Kier alpha value is -0.990. The van der Waals surface area contributed by atoms with Crippen LogP contribution in [0.15, 0.2) is 0 Å². The van der Waals surface area contributed by atoms with E-state index in [1.165, 1.54) is 0 Å². The molecule has 0 saturated heterocycles. The smallest absolute Gasteiger partial charge is 0.211 e. The van der Waals surface area contributed by atoms with E-state index < -0.39 is 16.6 Å². The quantitative estimate of drug-likeness (QED) is 0.448. The van der Waals surface area contributed by atoms with Gasteiger partial charge in [0.05, 0.1) is 5.41 Å². The van der Waals surface area contributed by atoms with Gasteiger partial charge in [0.2, 0.25) is 5.78 Å². The fourth-order valence-corrected chi connectivity index (χ4v) is 3.03. The molecule has 0 aliphatic heterocycles. The Labute approximate surface area is 89.2 Å². The lowest BCUT2D eigenvalue weighted by atomic mass is 9.59. The molecule has 2 bridgehead atoms. The van der Waals surface area contributed by atoms with Gasteiger partial charge in [-0.3, -0.25) is 14.4 Å². The first-order valence-electron chi connectivity index (χ1n) is 5.42. The molecule has 0 aromatic rings. The third-order valence-electron chi connectivity index (χ3n) is 4.29. The van der Waals surface area contributed by atoms with Crippen LogP contribution in [0.25, 0.3) is 0 Å². The van der Waals surface area contributed by atoms with Gasteiger partial charge >= 0.3 is 0 Å². The summed E-state index contributed by atoms with van der Waals surface area (Å²) in [6.45, 7) is 5.37. The van der Waals surface area contributed by atoms with Gasteiger partial charge in [-0.05, 0) is 25.7 Å². The van der Waals surface area contributed by atoms with Gasteiger partial charge in [-0.25, -0.2) is 0 Å². The SMILES string of the molecule is CC1(C)C(=O)[C@@]2(C)CC[C@@H]1CC(=O)C2=O. The summed E-state index contributed by atoms with van der Waals surface area (Å²) in [4.78, 5) is 35.7. The predicted molar refractivity (Wildman–Crippen MR) is 54.3 cm³/mol. The highest BCUT2D eigenvalue weighted by Gasteiger charge is 2.58. The van der Waals surface area contributed by atoms with Gasteiger partial charge in [0, 0.05) is 11.8 Å². The molecule has 0 radical (unpaired) electrons. The first-order valence-corrected chi connectivity index (χ1v) is 5.42. The first kappa shape index (κ1) is 10.5. The molecule has 15 heavy (non-hydrogen) atoms.